The van der Waals surface area contributed by atoms with Crippen LogP contribution < -0.4 is 5.32 Å². The monoisotopic (exact) mass is 436 g/mol. The van der Waals surface area contributed by atoms with Crippen LogP contribution in [0.3, 0.4) is 0 Å². The Morgan fingerprint density at radius 1 is 1.34 bits per heavy atom. The normalized spacial score (nSPS) is 20.1. The van der Waals surface area contributed by atoms with Crippen molar-refractivity contribution in [1.82, 2.24) is 20.1 Å². The summed E-state index contributed by atoms with van der Waals surface area (Å²) in [4.78, 5) is 33.6. The van der Waals surface area contributed by atoms with Crippen molar-refractivity contribution in [2.75, 3.05) is 33.7 Å². The van der Waals surface area contributed by atoms with E-state index in [0.29, 0.717) is 29.5 Å². The van der Waals surface area contributed by atoms with Gasteiger partial charge in [0.2, 0.25) is 0 Å². The van der Waals surface area contributed by atoms with Crippen molar-refractivity contribution in [3.8, 4) is 0 Å². The van der Waals surface area contributed by atoms with E-state index in [1.54, 1.807) is 24.5 Å². The lowest BCUT2D eigenvalue weighted by Gasteiger charge is -2.35. The molecule has 1 atom stereocenters. The summed E-state index contributed by atoms with van der Waals surface area (Å²) in [5, 5.41) is 3.96. The molecule has 7 heteroatoms. The lowest BCUT2D eigenvalue weighted by molar-refractivity contribution is -0.130. The number of piperidine rings is 1. The average molecular weight is 437 g/mol. The van der Waals surface area contributed by atoms with Gasteiger partial charge in [0.25, 0.3) is 11.8 Å². The van der Waals surface area contributed by atoms with Crippen LogP contribution >= 0.6 is 0 Å². The highest BCUT2D eigenvalue weighted by atomic mass is 16.3. The number of aryl methyl sites for hydroxylation is 1. The maximum absolute atomic E-state index is 13.0. The Kier molecular flexibility index (Phi) is 5.84. The van der Waals surface area contributed by atoms with Crippen LogP contribution in [0, 0.1) is 18.3 Å². The first kappa shape index (κ1) is 22.1. The van der Waals surface area contributed by atoms with Gasteiger partial charge in [-0.15, -0.1) is 0 Å². The van der Waals surface area contributed by atoms with E-state index < -0.39 is 0 Å². The number of rotatable bonds is 6. The molecule has 0 bridgehead atoms. The molecule has 3 heterocycles. The van der Waals surface area contributed by atoms with Crippen LogP contribution in [0.25, 0.3) is 11.0 Å². The highest BCUT2D eigenvalue weighted by Gasteiger charge is 2.55. The van der Waals surface area contributed by atoms with Gasteiger partial charge < -0.3 is 19.5 Å². The van der Waals surface area contributed by atoms with Crippen molar-refractivity contribution >= 4 is 22.8 Å². The largest absolute Gasteiger partial charge is 0.449 e. The van der Waals surface area contributed by atoms with E-state index in [1.807, 2.05) is 37.7 Å². The third-order valence-electron chi connectivity index (χ3n) is 7.11. The minimum absolute atomic E-state index is 0.0717. The van der Waals surface area contributed by atoms with Crippen molar-refractivity contribution in [2.45, 2.75) is 33.1 Å². The molecule has 2 amide bonds. The molecule has 0 radical (unpaired) electrons. The number of amides is 2. The Hall–Kier alpha value is -3.09. The van der Waals surface area contributed by atoms with E-state index in [1.165, 1.54) is 0 Å². The molecule has 1 unspecified atom stereocenters. The van der Waals surface area contributed by atoms with Crippen molar-refractivity contribution in [1.29, 1.82) is 0 Å². The molecule has 1 saturated heterocycles. The van der Waals surface area contributed by atoms with Gasteiger partial charge in [0.05, 0.1) is 6.20 Å². The minimum atomic E-state index is -0.184. The third-order valence-corrected chi connectivity index (χ3v) is 7.11. The quantitative estimate of drug-likeness (QED) is 0.554. The van der Waals surface area contributed by atoms with E-state index in [0.717, 1.165) is 48.9 Å². The fraction of sp³-hybridized carbons (Fsp3) is 0.480. The molecule has 4 rings (SSSR count). The molecule has 2 aromatic heterocycles. The fourth-order valence-electron chi connectivity index (χ4n) is 4.96. The van der Waals surface area contributed by atoms with E-state index in [4.69, 9.17) is 4.42 Å². The van der Waals surface area contributed by atoms with E-state index in [2.05, 4.69) is 16.9 Å². The third kappa shape index (κ3) is 4.04. The molecule has 2 aromatic rings. The molecule has 2 fully saturated rings. The topological polar surface area (TPSA) is 78.7 Å². The number of likely N-dealkylation sites (N-methyl/N-ethyl adjacent to an activating group) is 1. The molecular weight excluding hydrogens is 404 g/mol. The van der Waals surface area contributed by atoms with Gasteiger partial charge in [0.15, 0.2) is 11.3 Å². The van der Waals surface area contributed by atoms with Crippen molar-refractivity contribution in [3.05, 3.63) is 53.7 Å². The number of carbonyl (C=O) groups excluding carboxylic acids is 2. The van der Waals surface area contributed by atoms with Crippen LogP contribution in [0.1, 0.15) is 42.3 Å². The number of hydrogen-bond acceptors (Lipinski definition) is 5. The SMILES string of the molecule is C=C/C(C)=C(/C(=O)N1CCC2(CC1)CC2CNC(=O)c1cc2c(C)cncc2o1)N(C)C. The summed E-state index contributed by atoms with van der Waals surface area (Å²) in [6.45, 7) is 9.82. The maximum Gasteiger partial charge on any atom is 0.287 e. The number of carbonyl (C=O) groups is 2. The van der Waals surface area contributed by atoms with Crippen molar-refractivity contribution in [2.24, 2.45) is 11.3 Å². The molecule has 1 aliphatic heterocycles. The highest BCUT2D eigenvalue weighted by Crippen LogP contribution is 2.59. The number of fused-ring (bicyclic) bond motifs is 1. The Morgan fingerprint density at radius 3 is 2.69 bits per heavy atom. The molecule has 1 aliphatic carbocycles. The van der Waals surface area contributed by atoms with Crippen LogP contribution in [0.15, 0.2) is 46.8 Å². The summed E-state index contributed by atoms with van der Waals surface area (Å²) >= 11 is 0. The van der Waals surface area contributed by atoms with Gasteiger partial charge in [-0.3, -0.25) is 14.6 Å². The number of nitrogens with zero attached hydrogens (tertiary/aromatic N) is 3. The first-order valence-corrected chi connectivity index (χ1v) is 11.2. The average Bonchev–Trinajstić information content (AvgIpc) is 3.23. The summed E-state index contributed by atoms with van der Waals surface area (Å²) < 4.78 is 5.68. The zero-order chi connectivity index (χ0) is 23.0. The standard InChI is InChI=1S/C25H32N4O3/c1-6-16(2)22(28(4)5)24(31)29-9-7-25(8-10-29)12-18(25)14-27-23(30)20-11-19-17(3)13-26-15-21(19)32-20/h6,11,13,15,18H,1,7-10,12,14H2,2-5H3,(H,27,30)/b22-16-. The summed E-state index contributed by atoms with van der Waals surface area (Å²) in [5.41, 5.74) is 3.46. The number of nitrogens with one attached hydrogen (secondary N) is 1. The fourth-order valence-corrected chi connectivity index (χ4v) is 4.96. The van der Waals surface area contributed by atoms with Gasteiger partial charge in [-0.25, -0.2) is 0 Å². The van der Waals surface area contributed by atoms with Gasteiger partial charge in [0.1, 0.15) is 5.70 Å². The number of pyridine rings is 1. The van der Waals surface area contributed by atoms with Crippen LogP contribution in [-0.4, -0.2) is 60.3 Å². The first-order chi connectivity index (χ1) is 15.3. The Labute approximate surface area is 189 Å². The molecule has 7 nitrogen and oxygen atoms in total. The van der Waals surface area contributed by atoms with E-state index >= 15 is 0 Å². The lowest BCUT2D eigenvalue weighted by Crippen LogP contribution is -2.43. The van der Waals surface area contributed by atoms with Crippen LogP contribution in [0.4, 0.5) is 0 Å². The summed E-state index contributed by atoms with van der Waals surface area (Å²) in [7, 11) is 3.79. The molecule has 0 aromatic carbocycles. The van der Waals surface area contributed by atoms with Crippen molar-refractivity contribution in [3.63, 3.8) is 0 Å². The van der Waals surface area contributed by atoms with Crippen LogP contribution in [0.5, 0.6) is 0 Å². The molecule has 2 aliphatic rings. The molecule has 1 saturated carbocycles. The summed E-state index contributed by atoms with van der Waals surface area (Å²) in [6.07, 6.45) is 8.18. The number of allylic oxidation sites excluding steroid dienone is 2. The van der Waals surface area contributed by atoms with Crippen molar-refractivity contribution < 1.29 is 14.0 Å². The smallest absolute Gasteiger partial charge is 0.287 e. The van der Waals surface area contributed by atoms with E-state index in [9.17, 15) is 9.59 Å². The second-order valence-corrected chi connectivity index (χ2v) is 9.37. The molecule has 32 heavy (non-hydrogen) atoms. The summed E-state index contributed by atoms with van der Waals surface area (Å²) in [5.74, 6) is 0.667. The highest BCUT2D eigenvalue weighted by molar-refractivity contribution is 5.96. The second-order valence-electron chi connectivity index (χ2n) is 9.37. The minimum Gasteiger partial charge on any atom is -0.449 e. The zero-order valence-electron chi connectivity index (χ0n) is 19.4. The van der Waals surface area contributed by atoms with Gasteiger partial charge >= 0.3 is 0 Å². The second kappa shape index (κ2) is 8.45. The van der Waals surface area contributed by atoms with Crippen LogP contribution in [-0.2, 0) is 4.79 Å². The van der Waals surface area contributed by atoms with Gasteiger partial charge in [-0.2, -0.15) is 0 Å². The Balaban J connectivity index is 1.31. The predicted octanol–water partition coefficient (Wildman–Crippen LogP) is 3.52. The number of furan rings is 1. The maximum atomic E-state index is 13.0. The Bertz CT molecular complexity index is 1090. The Morgan fingerprint density at radius 2 is 2.06 bits per heavy atom. The molecule has 1 spiro atoms. The number of likely N-dealkylation sites (tertiary alicyclic amines) is 1. The van der Waals surface area contributed by atoms with Gasteiger partial charge in [-0.1, -0.05) is 12.7 Å². The summed E-state index contributed by atoms with van der Waals surface area (Å²) in [6, 6.07) is 1.79. The van der Waals surface area contributed by atoms with Gasteiger partial charge in [-0.05, 0) is 61.6 Å². The molecule has 1 N–H and O–H groups in total. The van der Waals surface area contributed by atoms with Gasteiger partial charge in [0, 0.05) is 45.3 Å². The van der Waals surface area contributed by atoms with Crippen LogP contribution in [0.2, 0.25) is 0 Å². The zero-order valence-corrected chi connectivity index (χ0v) is 19.4. The first-order valence-electron chi connectivity index (χ1n) is 11.2. The van der Waals surface area contributed by atoms with E-state index in [-0.39, 0.29) is 17.2 Å². The predicted molar refractivity (Wildman–Crippen MR) is 124 cm³/mol. The molecule has 170 valence electrons. The number of aromatic nitrogens is 1. The number of hydrogen-bond donors (Lipinski definition) is 1. The molecular formula is C25H32N4O3. The lowest BCUT2D eigenvalue weighted by atomic mass is 9.90.